The number of hydrogen-bond acceptors (Lipinski definition) is 3. The third kappa shape index (κ3) is 6.05. The summed E-state index contributed by atoms with van der Waals surface area (Å²) in [6.45, 7) is 2.46. The summed E-state index contributed by atoms with van der Waals surface area (Å²) in [5.74, 6) is 1.42. The molecular weight excluding hydrogens is 379 g/mol. The van der Waals surface area contributed by atoms with Gasteiger partial charge in [0.15, 0.2) is 6.10 Å². The van der Waals surface area contributed by atoms with Crippen molar-refractivity contribution in [3.63, 3.8) is 0 Å². The fraction of sp³-hybridized carbons (Fsp3) is 0.480. The molecule has 5 heteroatoms. The Bertz CT molecular complexity index is 804. The Morgan fingerprint density at radius 2 is 1.80 bits per heavy atom. The molecular formula is C25H33FN2O2. The minimum Gasteiger partial charge on any atom is -0.481 e. The van der Waals surface area contributed by atoms with Crippen molar-refractivity contribution in [3.05, 3.63) is 66.0 Å². The van der Waals surface area contributed by atoms with Crippen LogP contribution in [0.1, 0.15) is 44.2 Å². The van der Waals surface area contributed by atoms with Gasteiger partial charge in [0.1, 0.15) is 11.6 Å². The molecule has 1 aliphatic rings. The van der Waals surface area contributed by atoms with E-state index in [-0.39, 0.29) is 17.8 Å². The van der Waals surface area contributed by atoms with Gasteiger partial charge in [0.25, 0.3) is 5.91 Å². The van der Waals surface area contributed by atoms with Crippen LogP contribution in [0, 0.1) is 17.7 Å². The zero-order chi connectivity index (χ0) is 21.5. The Balaban J connectivity index is 1.47. The molecule has 1 saturated carbocycles. The van der Waals surface area contributed by atoms with E-state index in [1.54, 1.807) is 19.1 Å². The monoisotopic (exact) mass is 412 g/mol. The number of benzene rings is 2. The molecule has 2 aromatic carbocycles. The molecule has 0 spiro atoms. The SMILES string of the molecule is CC(Oc1ccccc1)C(=O)NCC1CCC(C(c2cccc(F)c2)N(C)C)CC1. The molecule has 2 atom stereocenters. The molecule has 0 radical (unpaired) electrons. The second kappa shape index (κ2) is 10.6. The molecule has 4 nitrogen and oxygen atoms in total. The number of amides is 1. The summed E-state index contributed by atoms with van der Waals surface area (Å²) in [4.78, 5) is 14.6. The number of nitrogens with one attached hydrogen (secondary N) is 1. The Hall–Kier alpha value is -2.40. The Kier molecular flexibility index (Phi) is 7.86. The van der Waals surface area contributed by atoms with Gasteiger partial charge in [-0.1, -0.05) is 30.3 Å². The Labute approximate surface area is 179 Å². The van der Waals surface area contributed by atoms with Gasteiger partial charge < -0.3 is 15.0 Å². The van der Waals surface area contributed by atoms with E-state index in [4.69, 9.17) is 4.74 Å². The van der Waals surface area contributed by atoms with Crippen LogP contribution in [-0.4, -0.2) is 37.6 Å². The van der Waals surface area contributed by atoms with Gasteiger partial charge in [-0.25, -0.2) is 4.39 Å². The van der Waals surface area contributed by atoms with Gasteiger partial charge in [0, 0.05) is 12.6 Å². The van der Waals surface area contributed by atoms with Gasteiger partial charge in [-0.2, -0.15) is 0 Å². The number of para-hydroxylation sites is 1. The predicted octanol–water partition coefficient (Wildman–Crippen LogP) is 4.82. The smallest absolute Gasteiger partial charge is 0.260 e. The van der Waals surface area contributed by atoms with Gasteiger partial charge in [-0.15, -0.1) is 0 Å². The number of ether oxygens (including phenoxy) is 1. The highest BCUT2D eigenvalue weighted by molar-refractivity contribution is 5.80. The fourth-order valence-electron chi connectivity index (χ4n) is 4.54. The Morgan fingerprint density at radius 3 is 2.43 bits per heavy atom. The van der Waals surface area contributed by atoms with Crippen LogP contribution in [0.3, 0.4) is 0 Å². The van der Waals surface area contributed by atoms with Crippen molar-refractivity contribution in [3.8, 4) is 5.75 Å². The summed E-state index contributed by atoms with van der Waals surface area (Å²) in [5, 5.41) is 3.05. The number of rotatable bonds is 8. The summed E-state index contributed by atoms with van der Waals surface area (Å²) in [6.07, 6.45) is 3.78. The summed E-state index contributed by atoms with van der Waals surface area (Å²) in [6, 6.07) is 16.6. The number of halogens is 1. The maximum Gasteiger partial charge on any atom is 0.260 e. The van der Waals surface area contributed by atoms with Crippen molar-refractivity contribution < 1.29 is 13.9 Å². The Morgan fingerprint density at radius 1 is 1.10 bits per heavy atom. The van der Waals surface area contributed by atoms with Gasteiger partial charge >= 0.3 is 0 Å². The van der Waals surface area contributed by atoms with E-state index in [2.05, 4.69) is 24.3 Å². The van der Waals surface area contributed by atoms with Crippen LogP contribution < -0.4 is 10.1 Å². The number of hydrogen-bond donors (Lipinski definition) is 1. The summed E-state index contributed by atoms with van der Waals surface area (Å²) < 4.78 is 19.4. The number of carbonyl (C=O) groups excluding carboxylic acids is 1. The first kappa shape index (κ1) is 22.3. The lowest BCUT2D eigenvalue weighted by molar-refractivity contribution is -0.127. The third-order valence-electron chi connectivity index (χ3n) is 6.07. The van der Waals surface area contributed by atoms with Crippen LogP contribution in [0.25, 0.3) is 0 Å². The van der Waals surface area contributed by atoms with Crippen molar-refractivity contribution in [1.82, 2.24) is 10.2 Å². The minimum atomic E-state index is -0.519. The predicted molar refractivity (Wildman–Crippen MR) is 118 cm³/mol. The average molecular weight is 413 g/mol. The fourth-order valence-corrected chi connectivity index (χ4v) is 4.54. The average Bonchev–Trinajstić information content (AvgIpc) is 2.73. The highest BCUT2D eigenvalue weighted by atomic mass is 19.1. The van der Waals surface area contributed by atoms with Crippen molar-refractivity contribution in [2.45, 2.75) is 44.8 Å². The van der Waals surface area contributed by atoms with Crippen LogP contribution >= 0.6 is 0 Å². The number of carbonyl (C=O) groups is 1. The van der Waals surface area contributed by atoms with Crippen molar-refractivity contribution in [1.29, 1.82) is 0 Å². The number of nitrogens with zero attached hydrogens (tertiary/aromatic N) is 1. The topological polar surface area (TPSA) is 41.6 Å². The first-order chi connectivity index (χ1) is 14.4. The van der Waals surface area contributed by atoms with Gasteiger partial charge in [0.05, 0.1) is 0 Å². The lowest BCUT2D eigenvalue weighted by Crippen LogP contribution is -2.40. The van der Waals surface area contributed by atoms with E-state index < -0.39 is 6.10 Å². The van der Waals surface area contributed by atoms with Crippen LogP contribution in [0.15, 0.2) is 54.6 Å². The molecule has 162 valence electrons. The first-order valence-corrected chi connectivity index (χ1v) is 10.9. The molecule has 1 fully saturated rings. The molecule has 30 heavy (non-hydrogen) atoms. The van der Waals surface area contributed by atoms with Crippen LogP contribution in [-0.2, 0) is 4.79 Å². The molecule has 1 aliphatic carbocycles. The molecule has 2 unspecified atom stereocenters. The van der Waals surface area contributed by atoms with E-state index in [9.17, 15) is 9.18 Å². The highest BCUT2D eigenvalue weighted by Crippen LogP contribution is 2.39. The lowest BCUT2D eigenvalue weighted by Gasteiger charge is -2.37. The molecule has 0 bridgehead atoms. The maximum absolute atomic E-state index is 13.7. The summed E-state index contributed by atoms with van der Waals surface area (Å²) in [7, 11) is 4.13. The van der Waals surface area contributed by atoms with E-state index in [1.807, 2.05) is 36.4 Å². The zero-order valence-electron chi connectivity index (χ0n) is 18.2. The van der Waals surface area contributed by atoms with Gasteiger partial charge in [0.2, 0.25) is 0 Å². The first-order valence-electron chi connectivity index (χ1n) is 10.9. The quantitative estimate of drug-likeness (QED) is 0.676. The van der Waals surface area contributed by atoms with E-state index in [0.717, 1.165) is 31.2 Å². The molecule has 3 rings (SSSR count). The van der Waals surface area contributed by atoms with Crippen LogP contribution in [0.5, 0.6) is 5.75 Å². The van der Waals surface area contributed by atoms with Crippen LogP contribution in [0.4, 0.5) is 4.39 Å². The molecule has 1 amide bonds. The second-order valence-electron chi connectivity index (χ2n) is 8.56. The van der Waals surface area contributed by atoms with Gasteiger partial charge in [-0.05, 0) is 88.4 Å². The van der Waals surface area contributed by atoms with Crippen molar-refractivity contribution in [2.75, 3.05) is 20.6 Å². The zero-order valence-corrected chi connectivity index (χ0v) is 18.2. The van der Waals surface area contributed by atoms with Crippen molar-refractivity contribution >= 4 is 5.91 Å². The lowest BCUT2D eigenvalue weighted by atomic mass is 9.76. The van der Waals surface area contributed by atoms with Crippen LogP contribution in [0.2, 0.25) is 0 Å². The molecule has 0 aliphatic heterocycles. The molecule has 0 aromatic heterocycles. The van der Waals surface area contributed by atoms with E-state index in [1.165, 1.54) is 6.07 Å². The van der Waals surface area contributed by atoms with E-state index in [0.29, 0.717) is 24.1 Å². The minimum absolute atomic E-state index is 0.0769. The molecule has 2 aromatic rings. The standard InChI is InChI=1S/C25H33FN2O2/c1-18(30-23-10-5-4-6-11-23)25(29)27-17-19-12-14-20(15-13-19)24(28(2)3)21-8-7-9-22(26)16-21/h4-11,16,18-20,24H,12-15,17H2,1-3H3,(H,27,29). The summed E-state index contributed by atoms with van der Waals surface area (Å²) >= 11 is 0. The van der Waals surface area contributed by atoms with E-state index >= 15 is 0 Å². The highest BCUT2D eigenvalue weighted by Gasteiger charge is 2.30. The molecule has 1 N–H and O–H groups in total. The molecule has 0 heterocycles. The normalized spacial score (nSPS) is 21.1. The second-order valence-corrected chi connectivity index (χ2v) is 8.56. The van der Waals surface area contributed by atoms with Gasteiger partial charge in [-0.3, -0.25) is 4.79 Å². The molecule has 0 saturated heterocycles. The van der Waals surface area contributed by atoms with Crippen molar-refractivity contribution in [2.24, 2.45) is 11.8 Å². The summed E-state index contributed by atoms with van der Waals surface area (Å²) in [5.41, 5.74) is 1.05. The third-order valence-corrected chi connectivity index (χ3v) is 6.07. The largest absolute Gasteiger partial charge is 0.481 e. The maximum atomic E-state index is 13.7.